The Morgan fingerprint density at radius 3 is 3.00 bits per heavy atom. The second kappa shape index (κ2) is 6.04. The molecule has 3 aromatic rings. The molecule has 0 N–H and O–H groups in total. The van der Waals surface area contributed by atoms with Crippen molar-refractivity contribution in [2.24, 2.45) is 0 Å². The zero-order valence-electron chi connectivity index (χ0n) is 12.6. The number of hydrogen-bond donors (Lipinski definition) is 0. The average molecular weight is 331 g/mol. The van der Waals surface area contributed by atoms with Crippen molar-refractivity contribution in [3.8, 4) is 0 Å². The molecule has 1 amide bonds. The molecule has 4 rings (SSSR count). The summed E-state index contributed by atoms with van der Waals surface area (Å²) >= 11 is 0. The predicted octanol–water partition coefficient (Wildman–Crippen LogP) is 2.20. The van der Waals surface area contributed by atoms with Crippen LogP contribution in [0.15, 0.2) is 45.5 Å². The van der Waals surface area contributed by atoms with Crippen molar-refractivity contribution in [1.29, 1.82) is 0 Å². The van der Waals surface area contributed by atoms with Crippen LogP contribution in [0.5, 0.6) is 0 Å². The van der Waals surface area contributed by atoms with Crippen molar-refractivity contribution in [2.45, 2.75) is 18.9 Å². The van der Waals surface area contributed by atoms with Gasteiger partial charge in [0.1, 0.15) is 24.4 Å². The highest BCUT2D eigenvalue weighted by atomic mass is 19.1. The number of halogens is 1. The van der Waals surface area contributed by atoms with Crippen molar-refractivity contribution in [3.05, 3.63) is 48.2 Å². The number of benzene rings is 1. The van der Waals surface area contributed by atoms with Crippen LogP contribution in [-0.4, -0.2) is 46.3 Å². The van der Waals surface area contributed by atoms with Gasteiger partial charge < -0.3 is 18.6 Å². The minimum absolute atomic E-state index is 0.0439. The molecule has 7 nitrogen and oxygen atoms in total. The molecule has 0 spiro atoms. The summed E-state index contributed by atoms with van der Waals surface area (Å²) in [5, 5.41) is 3.48. The zero-order valence-corrected chi connectivity index (χ0v) is 12.6. The van der Waals surface area contributed by atoms with Gasteiger partial charge in [-0.15, -0.1) is 0 Å². The van der Waals surface area contributed by atoms with E-state index in [1.165, 1.54) is 17.2 Å². The molecule has 0 aliphatic carbocycles. The van der Waals surface area contributed by atoms with Crippen LogP contribution < -0.4 is 0 Å². The van der Waals surface area contributed by atoms with Crippen LogP contribution in [0.3, 0.4) is 0 Å². The van der Waals surface area contributed by atoms with Gasteiger partial charge in [-0.05, 0) is 12.1 Å². The van der Waals surface area contributed by atoms with Crippen molar-refractivity contribution in [2.75, 3.05) is 13.1 Å². The molecule has 1 fully saturated rings. The highest BCUT2D eigenvalue weighted by molar-refractivity contribution is 5.91. The summed E-state index contributed by atoms with van der Waals surface area (Å²) in [6.45, 7) is 0.142. The van der Waals surface area contributed by atoms with Gasteiger partial charge >= 0.3 is 0 Å². The number of rotatable bonds is 4. The number of carbonyl (C=O) groups is 1. The highest BCUT2D eigenvalue weighted by Crippen LogP contribution is 2.21. The largest absolute Gasteiger partial charge is 0.438 e. The third kappa shape index (κ3) is 2.76. The molecule has 124 valence electrons. The van der Waals surface area contributed by atoms with Gasteiger partial charge in [-0.3, -0.25) is 4.79 Å². The fourth-order valence-electron chi connectivity index (χ4n) is 2.70. The number of nitrogens with zero attached hydrogens (tertiary/aromatic N) is 3. The van der Waals surface area contributed by atoms with Crippen LogP contribution in [0.25, 0.3) is 11.1 Å². The van der Waals surface area contributed by atoms with Gasteiger partial charge in [-0.1, -0.05) is 17.3 Å². The first-order valence-corrected chi connectivity index (χ1v) is 7.51. The average Bonchev–Trinajstić information content (AvgIpc) is 3.31. The van der Waals surface area contributed by atoms with Crippen LogP contribution in [-0.2, 0) is 11.3 Å². The minimum Gasteiger partial charge on any atom is -0.438 e. The van der Waals surface area contributed by atoms with E-state index in [4.69, 9.17) is 13.7 Å². The van der Waals surface area contributed by atoms with Gasteiger partial charge in [0.2, 0.25) is 11.7 Å². The Labute approximate surface area is 136 Å². The number of aromatic nitrogens is 2. The van der Waals surface area contributed by atoms with Crippen LogP contribution in [0.1, 0.15) is 16.4 Å². The van der Waals surface area contributed by atoms with E-state index in [-0.39, 0.29) is 25.5 Å². The molecule has 1 aromatic carbocycles. The smallest absolute Gasteiger partial charge is 0.292 e. The summed E-state index contributed by atoms with van der Waals surface area (Å²) in [5.41, 5.74) is 1.38. The Kier molecular flexibility index (Phi) is 3.73. The maximum Gasteiger partial charge on any atom is 0.292 e. The lowest BCUT2D eigenvalue weighted by molar-refractivity contribution is 0.00261. The van der Waals surface area contributed by atoms with Crippen LogP contribution in [0.2, 0.25) is 0 Å². The van der Waals surface area contributed by atoms with Crippen molar-refractivity contribution < 1.29 is 22.9 Å². The summed E-state index contributed by atoms with van der Waals surface area (Å²) in [6.07, 6.45) is -0.634. The van der Waals surface area contributed by atoms with Crippen LogP contribution in [0, 0.1) is 0 Å². The molecule has 1 aliphatic heterocycles. The summed E-state index contributed by atoms with van der Waals surface area (Å²) in [7, 11) is 0. The van der Waals surface area contributed by atoms with Crippen molar-refractivity contribution in [1.82, 2.24) is 15.0 Å². The Hall–Kier alpha value is -2.74. The molecule has 3 heterocycles. The number of oxazole rings is 1. The lowest BCUT2D eigenvalue weighted by Gasteiger charge is -2.14. The first-order valence-electron chi connectivity index (χ1n) is 7.51. The number of hydrogen-bond acceptors (Lipinski definition) is 6. The predicted molar refractivity (Wildman–Crippen MR) is 79.9 cm³/mol. The Balaban J connectivity index is 1.39. The van der Waals surface area contributed by atoms with E-state index >= 15 is 0 Å². The van der Waals surface area contributed by atoms with Gasteiger partial charge in [-0.2, -0.15) is 0 Å². The second-order valence-electron chi connectivity index (χ2n) is 5.53. The Bertz CT molecular complexity index is 815. The number of likely N-dealkylation sites (tertiary alicyclic amines) is 1. The maximum atomic E-state index is 14.1. The SMILES string of the molecule is O=C(c1ccno1)N1CC(F)C(OCc2nc3ccccc3o2)C1. The van der Waals surface area contributed by atoms with Gasteiger partial charge in [0, 0.05) is 6.07 Å². The Morgan fingerprint density at radius 2 is 2.21 bits per heavy atom. The fourth-order valence-corrected chi connectivity index (χ4v) is 2.70. The van der Waals surface area contributed by atoms with E-state index in [0.717, 1.165) is 5.52 Å². The first-order chi connectivity index (χ1) is 11.7. The molecule has 1 aliphatic rings. The maximum absolute atomic E-state index is 14.1. The molecule has 0 bridgehead atoms. The fraction of sp³-hybridized carbons (Fsp3) is 0.312. The van der Waals surface area contributed by atoms with Gasteiger partial charge in [0.25, 0.3) is 5.91 Å². The molecular weight excluding hydrogens is 317 g/mol. The minimum atomic E-state index is -1.28. The number of carbonyl (C=O) groups excluding carboxylic acids is 1. The molecular formula is C16H14FN3O4. The quantitative estimate of drug-likeness (QED) is 0.729. The number of amides is 1. The summed E-state index contributed by atoms with van der Waals surface area (Å²) in [5.74, 6) is 0.0633. The number of alkyl halides is 1. The monoisotopic (exact) mass is 331 g/mol. The summed E-state index contributed by atoms with van der Waals surface area (Å²) in [4.78, 5) is 17.8. The topological polar surface area (TPSA) is 81.6 Å². The van der Waals surface area contributed by atoms with E-state index in [9.17, 15) is 9.18 Å². The first kappa shape index (κ1) is 14.8. The molecule has 2 unspecified atom stereocenters. The van der Waals surface area contributed by atoms with Gasteiger partial charge in [0.15, 0.2) is 5.58 Å². The third-order valence-electron chi connectivity index (χ3n) is 3.89. The van der Waals surface area contributed by atoms with E-state index in [1.807, 2.05) is 18.2 Å². The van der Waals surface area contributed by atoms with Gasteiger partial charge in [0.05, 0.1) is 19.3 Å². The second-order valence-corrected chi connectivity index (χ2v) is 5.53. The summed E-state index contributed by atoms with van der Waals surface area (Å²) in [6, 6.07) is 8.78. The molecule has 1 saturated heterocycles. The molecule has 2 atom stereocenters. The normalized spacial score (nSPS) is 20.8. The van der Waals surface area contributed by atoms with Crippen LogP contribution >= 0.6 is 0 Å². The van der Waals surface area contributed by atoms with Crippen molar-refractivity contribution >= 4 is 17.0 Å². The third-order valence-corrected chi connectivity index (χ3v) is 3.89. The number of fused-ring (bicyclic) bond motifs is 1. The molecule has 0 saturated carbocycles. The van der Waals surface area contributed by atoms with E-state index < -0.39 is 18.2 Å². The summed E-state index contributed by atoms with van der Waals surface area (Å²) < 4.78 is 30.0. The number of ether oxygens (including phenoxy) is 1. The molecule has 24 heavy (non-hydrogen) atoms. The number of para-hydroxylation sites is 2. The highest BCUT2D eigenvalue weighted by Gasteiger charge is 2.37. The standard InChI is InChI=1S/C16H14FN3O4/c17-10-7-20(16(21)13-5-6-18-24-13)8-14(10)22-9-15-19-11-3-1-2-4-12(11)23-15/h1-6,10,14H,7-9H2. The lowest BCUT2D eigenvalue weighted by Crippen LogP contribution is -2.29. The molecule has 8 heteroatoms. The van der Waals surface area contributed by atoms with E-state index in [0.29, 0.717) is 11.5 Å². The lowest BCUT2D eigenvalue weighted by atomic mass is 10.3. The van der Waals surface area contributed by atoms with E-state index in [2.05, 4.69) is 10.1 Å². The van der Waals surface area contributed by atoms with Crippen molar-refractivity contribution in [3.63, 3.8) is 0 Å². The van der Waals surface area contributed by atoms with E-state index in [1.54, 1.807) is 6.07 Å². The van der Waals surface area contributed by atoms with Crippen LogP contribution in [0.4, 0.5) is 4.39 Å². The molecule has 2 aromatic heterocycles. The molecule has 0 radical (unpaired) electrons. The Morgan fingerprint density at radius 1 is 1.33 bits per heavy atom. The van der Waals surface area contributed by atoms with Gasteiger partial charge in [-0.25, -0.2) is 9.37 Å². The zero-order chi connectivity index (χ0) is 16.5.